The van der Waals surface area contributed by atoms with Gasteiger partial charge < -0.3 is 10.2 Å². The van der Waals surface area contributed by atoms with E-state index in [9.17, 15) is 0 Å². The van der Waals surface area contributed by atoms with Crippen LogP contribution >= 0.6 is 27.3 Å². The lowest BCUT2D eigenvalue weighted by Crippen LogP contribution is -2.21. The maximum absolute atomic E-state index is 4.63. The molecule has 2 aromatic rings. The van der Waals surface area contributed by atoms with Crippen molar-refractivity contribution in [1.29, 1.82) is 0 Å². The van der Waals surface area contributed by atoms with Crippen molar-refractivity contribution in [3.8, 4) is 0 Å². The van der Waals surface area contributed by atoms with Crippen molar-refractivity contribution in [3.05, 3.63) is 44.8 Å². The summed E-state index contributed by atoms with van der Waals surface area (Å²) in [5.74, 6) is 0. The van der Waals surface area contributed by atoms with E-state index in [0.717, 1.165) is 30.9 Å². The summed E-state index contributed by atoms with van der Waals surface area (Å²) in [4.78, 5) is 6.85. The molecule has 0 amide bonds. The number of thiophene rings is 1. The molecule has 2 rings (SSSR count). The van der Waals surface area contributed by atoms with Crippen LogP contribution in [0.25, 0.3) is 0 Å². The highest BCUT2D eigenvalue weighted by Gasteiger charge is 2.10. The molecular weight excluding hydrogens is 346 g/mol. The van der Waals surface area contributed by atoms with Gasteiger partial charge in [-0.3, -0.25) is 4.98 Å². The van der Waals surface area contributed by atoms with Crippen molar-refractivity contribution in [2.45, 2.75) is 32.9 Å². The van der Waals surface area contributed by atoms with Crippen LogP contribution in [0.1, 0.15) is 37.6 Å². The second kappa shape index (κ2) is 7.92. The molecule has 1 N–H and O–H groups in total. The van der Waals surface area contributed by atoms with E-state index in [0.29, 0.717) is 6.04 Å². The van der Waals surface area contributed by atoms with Gasteiger partial charge in [0.1, 0.15) is 0 Å². The molecule has 0 aliphatic carbocycles. The Labute approximate surface area is 139 Å². The van der Waals surface area contributed by atoms with E-state index in [1.165, 1.54) is 9.35 Å². The SMILES string of the molecule is CCNC(CC)c1ccc(N(C)Cc2csc(Br)c2)cn1. The molecule has 1 atom stereocenters. The van der Waals surface area contributed by atoms with Crippen LogP contribution in [-0.4, -0.2) is 18.6 Å². The molecule has 2 aromatic heterocycles. The third-order valence-electron chi connectivity index (χ3n) is 3.47. The van der Waals surface area contributed by atoms with E-state index in [4.69, 9.17) is 0 Å². The molecule has 2 heterocycles. The summed E-state index contributed by atoms with van der Waals surface area (Å²) in [7, 11) is 2.10. The van der Waals surface area contributed by atoms with Crippen LogP contribution in [0.3, 0.4) is 0 Å². The van der Waals surface area contributed by atoms with Crippen LogP contribution in [0.2, 0.25) is 0 Å². The highest BCUT2D eigenvalue weighted by Crippen LogP contribution is 2.24. The second-order valence-corrected chi connectivity index (χ2v) is 7.37. The number of hydrogen-bond acceptors (Lipinski definition) is 4. The van der Waals surface area contributed by atoms with Crippen LogP contribution in [-0.2, 0) is 6.54 Å². The number of anilines is 1. The van der Waals surface area contributed by atoms with Crippen LogP contribution < -0.4 is 10.2 Å². The van der Waals surface area contributed by atoms with Gasteiger partial charge in [-0.05, 0) is 58.0 Å². The number of aromatic nitrogens is 1. The molecule has 114 valence electrons. The van der Waals surface area contributed by atoms with E-state index in [-0.39, 0.29) is 0 Å². The molecule has 0 aromatic carbocycles. The van der Waals surface area contributed by atoms with E-state index in [2.05, 4.69) is 75.6 Å². The summed E-state index contributed by atoms with van der Waals surface area (Å²) < 4.78 is 1.18. The van der Waals surface area contributed by atoms with Crippen molar-refractivity contribution in [1.82, 2.24) is 10.3 Å². The standard InChI is InChI=1S/C16H22BrN3S/c1-4-14(18-5-2)15-7-6-13(9-19-15)20(3)10-12-8-16(17)21-11-12/h6-9,11,14,18H,4-5,10H2,1-3H3. The van der Waals surface area contributed by atoms with Gasteiger partial charge in [0, 0.05) is 19.6 Å². The first kappa shape index (κ1) is 16.5. The van der Waals surface area contributed by atoms with Crippen molar-refractivity contribution < 1.29 is 0 Å². The monoisotopic (exact) mass is 367 g/mol. The minimum absolute atomic E-state index is 0.349. The molecule has 0 saturated heterocycles. The molecular formula is C16H22BrN3S. The Bertz CT molecular complexity index is 553. The number of pyridine rings is 1. The van der Waals surface area contributed by atoms with Gasteiger partial charge in [-0.1, -0.05) is 13.8 Å². The molecule has 0 spiro atoms. The minimum atomic E-state index is 0.349. The first-order valence-electron chi connectivity index (χ1n) is 7.27. The number of nitrogens with zero attached hydrogens (tertiary/aromatic N) is 2. The smallest absolute Gasteiger partial charge is 0.0701 e. The Balaban J connectivity index is 2.03. The van der Waals surface area contributed by atoms with Gasteiger partial charge in [-0.25, -0.2) is 0 Å². The molecule has 5 heteroatoms. The predicted octanol–water partition coefficient (Wildman–Crippen LogP) is 4.60. The predicted molar refractivity (Wildman–Crippen MR) is 95.1 cm³/mol. The van der Waals surface area contributed by atoms with Gasteiger partial charge in [-0.2, -0.15) is 0 Å². The number of hydrogen-bond donors (Lipinski definition) is 1. The van der Waals surface area contributed by atoms with Crippen molar-refractivity contribution in [3.63, 3.8) is 0 Å². The van der Waals surface area contributed by atoms with Gasteiger partial charge in [0.25, 0.3) is 0 Å². The molecule has 0 radical (unpaired) electrons. The zero-order chi connectivity index (χ0) is 15.2. The molecule has 3 nitrogen and oxygen atoms in total. The molecule has 0 fully saturated rings. The average Bonchev–Trinajstić information content (AvgIpc) is 2.90. The highest BCUT2D eigenvalue weighted by molar-refractivity contribution is 9.11. The topological polar surface area (TPSA) is 28.2 Å². The third kappa shape index (κ3) is 4.53. The molecule has 21 heavy (non-hydrogen) atoms. The third-order valence-corrected chi connectivity index (χ3v) is 5.02. The lowest BCUT2D eigenvalue weighted by molar-refractivity contribution is 0.525. The Kier molecular flexibility index (Phi) is 6.21. The first-order valence-corrected chi connectivity index (χ1v) is 8.94. The summed E-state index contributed by atoms with van der Waals surface area (Å²) in [6.07, 6.45) is 3.02. The fourth-order valence-electron chi connectivity index (χ4n) is 2.33. The Morgan fingerprint density at radius 1 is 1.38 bits per heavy atom. The molecule has 0 bridgehead atoms. The van der Waals surface area contributed by atoms with Crippen LogP contribution in [0.4, 0.5) is 5.69 Å². The van der Waals surface area contributed by atoms with Crippen molar-refractivity contribution in [2.75, 3.05) is 18.5 Å². The highest BCUT2D eigenvalue weighted by atomic mass is 79.9. The number of nitrogens with one attached hydrogen (secondary N) is 1. The quantitative estimate of drug-likeness (QED) is 0.774. The molecule has 1 unspecified atom stereocenters. The van der Waals surface area contributed by atoms with Gasteiger partial charge in [0.15, 0.2) is 0 Å². The van der Waals surface area contributed by atoms with E-state index in [1.807, 2.05) is 6.20 Å². The molecule has 0 saturated carbocycles. The molecule has 0 aliphatic rings. The van der Waals surface area contributed by atoms with E-state index >= 15 is 0 Å². The normalized spacial score (nSPS) is 12.4. The Morgan fingerprint density at radius 2 is 2.19 bits per heavy atom. The van der Waals surface area contributed by atoms with Gasteiger partial charge in [0.2, 0.25) is 0 Å². The summed E-state index contributed by atoms with van der Waals surface area (Å²) in [6.45, 7) is 6.18. The summed E-state index contributed by atoms with van der Waals surface area (Å²) >= 11 is 5.23. The zero-order valence-corrected chi connectivity index (χ0v) is 15.2. The van der Waals surface area contributed by atoms with Crippen LogP contribution in [0, 0.1) is 0 Å². The van der Waals surface area contributed by atoms with Crippen molar-refractivity contribution >= 4 is 33.0 Å². The zero-order valence-electron chi connectivity index (χ0n) is 12.8. The lowest BCUT2D eigenvalue weighted by Gasteiger charge is -2.20. The summed E-state index contributed by atoms with van der Waals surface area (Å²) in [5.41, 5.74) is 3.58. The average molecular weight is 368 g/mol. The maximum Gasteiger partial charge on any atom is 0.0701 e. The Morgan fingerprint density at radius 3 is 2.71 bits per heavy atom. The van der Waals surface area contributed by atoms with Crippen molar-refractivity contribution in [2.24, 2.45) is 0 Å². The minimum Gasteiger partial charge on any atom is -0.369 e. The van der Waals surface area contributed by atoms with Gasteiger partial charge in [-0.15, -0.1) is 11.3 Å². The van der Waals surface area contributed by atoms with Crippen LogP contribution in [0.15, 0.2) is 33.6 Å². The maximum atomic E-state index is 4.63. The Hall–Kier alpha value is -0.910. The van der Waals surface area contributed by atoms with Gasteiger partial charge in [0.05, 0.1) is 21.4 Å². The lowest BCUT2D eigenvalue weighted by atomic mass is 10.1. The fraction of sp³-hybridized carbons (Fsp3) is 0.438. The molecule has 0 aliphatic heterocycles. The second-order valence-electron chi connectivity index (χ2n) is 5.07. The fourth-order valence-corrected chi connectivity index (χ4v) is 3.53. The number of rotatable bonds is 7. The largest absolute Gasteiger partial charge is 0.369 e. The summed E-state index contributed by atoms with van der Waals surface area (Å²) in [5, 5.41) is 5.64. The van der Waals surface area contributed by atoms with E-state index < -0.39 is 0 Å². The van der Waals surface area contributed by atoms with E-state index in [1.54, 1.807) is 11.3 Å². The summed E-state index contributed by atoms with van der Waals surface area (Å²) in [6, 6.07) is 6.80. The van der Waals surface area contributed by atoms with Crippen LogP contribution in [0.5, 0.6) is 0 Å². The first-order chi connectivity index (χ1) is 10.1. The van der Waals surface area contributed by atoms with Gasteiger partial charge >= 0.3 is 0 Å². The number of halogens is 1.